The van der Waals surface area contributed by atoms with Crippen molar-refractivity contribution < 1.29 is 18.0 Å². The van der Waals surface area contributed by atoms with Gasteiger partial charge < -0.3 is 10.2 Å². The molecule has 196 valence electrons. The summed E-state index contributed by atoms with van der Waals surface area (Å²) in [6.45, 7) is 5.37. The van der Waals surface area contributed by atoms with Crippen LogP contribution in [0.25, 0.3) is 0 Å². The van der Waals surface area contributed by atoms with Gasteiger partial charge in [-0.05, 0) is 62.4 Å². The highest BCUT2D eigenvalue weighted by molar-refractivity contribution is 7.92. The number of halogens is 1. The van der Waals surface area contributed by atoms with Gasteiger partial charge >= 0.3 is 0 Å². The third-order valence-electron chi connectivity index (χ3n) is 6.65. The molecule has 0 saturated heterocycles. The van der Waals surface area contributed by atoms with Crippen molar-refractivity contribution in [2.24, 2.45) is 0 Å². The molecular formula is C27H36ClN3O4S. The van der Waals surface area contributed by atoms with E-state index < -0.39 is 28.5 Å². The van der Waals surface area contributed by atoms with Crippen molar-refractivity contribution in [1.29, 1.82) is 0 Å². The number of nitrogens with zero attached hydrogens (tertiary/aromatic N) is 2. The Hall–Kier alpha value is -2.58. The Bertz CT molecular complexity index is 1180. The van der Waals surface area contributed by atoms with Gasteiger partial charge in [0.2, 0.25) is 21.8 Å². The SMILES string of the molecule is CCC(C(=O)NC1CCCC1)N(Cc1ccc(Cl)cc1)C(=O)CN(c1ccc(C)cc1C)S(C)(=O)=O. The molecule has 1 atom stereocenters. The van der Waals surface area contributed by atoms with E-state index in [2.05, 4.69) is 5.32 Å². The third-order valence-corrected chi connectivity index (χ3v) is 8.03. The number of anilines is 1. The van der Waals surface area contributed by atoms with Gasteiger partial charge in [0.1, 0.15) is 12.6 Å². The van der Waals surface area contributed by atoms with E-state index in [0.717, 1.165) is 52.9 Å². The van der Waals surface area contributed by atoms with E-state index in [0.29, 0.717) is 17.1 Å². The summed E-state index contributed by atoms with van der Waals surface area (Å²) in [7, 11) is -3.76. The maximum Gasteiger partial charge on any atom is 0.244 e. The smallest absolute Gasteiger partial charge is 0.244 e. The van der Waals surface area contributed by atoms with Gasteiger partial charge in [0.15, 0.2) is 0 Å². The Morgan fingerprint density at radius 2 is 1.72 bits per heavy atom. The molecule has 7 nitrogen and oxygen atoms in total. The number of rotatable bonds is 10. The van der Waals surface area contributed by atoms with Crippen molar-refractivity contribution in [3.05, 3.63) is 64.2 Å². The first kappa shape index (κ1) is 28.0. The van der Waals surface area contributed by atoms with Gasteiger partial charge in [-0.3, -0.25) is 13.9 Å². The first-order valence-corrected chi connectivity index (χ1v) is 14.6. The van der Waals surface area contributed by atoms with Gasteiger partial charge in [0.05, 0.1) is 11.9 Å². The monoisotopic (exact) mass is 533 g/mol. The Kier molecular flexibility index (Phi) is 9.41. The fraction of sp³-hybridized carbons (Fsp3) is 0.481. The summed E-state index contributed by atoms with van der Waals surface area (Å²) in [6.07, 6.45) is 5.51. The quantitative estimate of drug-likeness (QED) is 0.484. The minimum atomic E-state index is -3.76. The lowest BCUT2D eigenvalue weighted by Crippen LogP contribution is -2.53. The fourth-order valence-electron chi connectivity index (χ4n) is 4.75. The molecule has 1 aliphatic rings. The summed E-state index contributed by atoms with van der Waals surface area (Å²) >= 11 is 6.04. The van der Waals surface area contributed by atoms with E-state index in [-0.39, 0.29) is 18.5 Å². The highest BCUT2D eigenvalue weighted by Crippen LogP contribution is 2.25. The standard InChI is InChI=1S/C27H36ClN3O4S/c1-5-24(27(33)29-23-8-6-7-9-23)30(17-21-11-13-22(28)14-12-21)26(32)18-31(36(4,34)35)25-15-10-19(2)16-20(25)3/h10-16,23-24H,5-9,17-18H2,1-4H3,(H,29,33). The lowest BCUT2D eigenvalue weighted by atomic mass is 10.1. The Labute approximate surface area is 219 Å². The molecule has 0 radical (unpaired) electrons. The second-order valence-electron chi connectivity index (χ2n) is 9.62. The van der Waals surface area contributed by atoms with Crippen LogP contribution in [0, 0.1) is 13.8 Å². The number of carbonyl (C=O) groups excluding carboxylic acids is 2. The van der Waals surface area contributed by atoms with Gasteiger partial charge in [-0.25, -0.2) is 8.42 Å². The van der Waals surface area contributed by atoms with Crippen molar-refractivity contribution in [1.82, 2.24) is 10.2 Å². The highest BCUT2D eigenvalue weighted by Gasteiger charge is 2.33. The zero-order valence-electron chi connectivity index (χ0n) is 21.5. The molecule has 1 N–H and O–H groups in total. The molecule has 1 unspecified atom stereocenters. The summed E-state index contributed by atoms with van der Waals surface area (Å²) in [4.78, 5) is 28.6. The zero-order chi connectivity index (χ0) is 26.5. The molecule has 1 fully saturated rings. The van der Waals surface area contributed by atoms with E-state index in [4.69, 9.17) is 11.6 Å². The van der Waals surface area contributed by atoms with Crippen molar-refractivity contribution >= 4 is 39.1 Å². The number of hydrogen-bond acceptors (Lipinski definition) is 4. The largest absolute Gasteiger partial charge is 0.352 e. The van der Waals surface area contributed by atoms with Crippen LogP contribution < -0.4 is 9.62 Å². The molecular weight excluding hydrogens is 498 g/mol. The van der Waals surface area contributed by atoms with Gasteiger partial charge in [-0.2, -0.15) is 0 Å². The Morgan fingerprint density at radius 1 is 1.08 bits per heavy atom. The molecule has 9 heteroatoms. The van der Waals surface area contributed by atoms with E-state index in [1.807, 2.05) is 45.0 Å². The van der Waals surface area contributed by atoms with Crippen molar-refractivity contribution in [3.63, 3.8) is 0 Å². The molecule has 2 aromatic rings. The molecule has 0 heterocycles. The summed E-state index contributed by atoms with van der Waals surface area (Å²) in [5, 5.41) is 3.68. The molecule has 3 rings (SSSR count). The lowest BCUT2D eigenvalue weighted by Gasteiger charge is -2.33. The van der Waals surface area contributed by atoms with Gasteiger partial charge in [-0.1, -0.05) is 61.2 Å². The number of amides is 2. The first-order valence-electron chi connectivity index (χ1n) is 12.4. The third kappa shape index (κ3) is 7.23. The Balaban J connectivity index is 1.93. The van der Waals surface area contributed by atoms with Gasteiger partial charge in [0, 0.05) is 17.6 Å². The zero-order valence-corrected chi connectivity index (χ0v) is 23.0. The minimum Gasteiger partial charge on any atom is -0.352 e. The number of nitrogens with one attached hydrogen (secondary N) is 1. The van der Waals surface area contributed by atoms with Crippen molar-refractivity contribution in [2.45, 2.75) is 71.5 Å². The molecule has 0 spiro atoms. The topological polar surface area (TPSA) is 86.8 Å². The average Bonchev–Trinajstić information content (AvgIpc) is 3.31. The van der Waals surface area contributed by atoms with E-state index >= 15 is 0 Å². The van der Waals surface area contributed by atoms with Crippen LogP contribution in [0.5, 0.6) is 0 Å². The van der Waals surface area contributed by atoms with Crippen LogP contribution in [0.3, 0.4) is 0 Å². The summed E-state index contributed by atoms with van der Waals surface area (Å²) in [6, 6.07) is 11.9. The molecule has 0 bridgehead atoms. The van der Waals surface area contributed by atoms with Gasteiger partial charge in [0.25, 0.3) is 0 Å². The van der Waals surface area contributed by atoms with E-state index in [1.165, 1.54) is 4.90 Å². The second kappa shape index (κ2) is 12.1. The molecule has 2 aromatic carbocycles. The number of carbonyl (C=O) groups is 2. The van der Waals surface area contributed by atoms with Crippen LogP contribution in [0.4, 0.5) is 5.69 Å². The molecule has 0 aliphatic heterocycles. The number of sulfonamides is 1. The van der Waals surface area contributed by atoms with Crippen LogP contribution in [0.15, 0.2) is 42.5 Å². The number of aryl methyl sites for hydroxylation is 2. The van der Waals surface area contributed by atoms with Crippen LogP contribution in [-0.2, 0) is 26.2 Å². The van der Waals surface area contributed by atoms with Crippen molar-refractivity contribution in [3.8, 4) is 0 Å². The fourth-order valence-corrected chi connectivity index (χ4v) is 5.79. The summed E-state index contributed by atoms with van der Waals surface area (Å²) < 4.78 is 26.7. The first-order chi connectivity index (χ1) is 17.0. The lowest BCUT2D eigenvalue weighted by molar-refractivity contribution is -0.140. The van der Waals surface area contributed by atoms with Crippen LogP contribution in [0.2, 0.25) is 5.02 Å². The summed E-state index contributed by atoms with van der Waals surface area (Å²) in [5.41, 5.74) is 3.00. The maximum atomic E-state index is 13.8. The molecule has 1 saturated carbocycles. The predicted molar refractivity (Wildman–Crippen MR) is 145 cm³/mol. The van der Waals surface area contributed by atoms with E-state index in [1.54, 1.807) is 18.2 Å². The van der Waals surface area contributed by atoms with E-state index in [9.17, 15) is 18.0 Å². The van der Waals surface area contributed by atoms with Crippen molar-refractivity contribution in [2.75, 3.05) is 17.1 Å². The normalized spacial score (nSPS) is 14.9. The molecule has 0 aromatic heterocycles. The van der Waals surface area contributed by atoms with Crippen LogP contribution >= 0.6 is 11.6 Å². The number of hydrogen-bond donors (Lipinski definition) is 1. The van der Waals surface area contributed by atoms with Gasteiger partial charge in [-0.15, -0.1) is 0 Å². The van der Waals surface area contributed by atoms with Crippen LogP contribution in [-0.4, -0.2) is 50.0 Å². The average molecular weight is 534 g/mol. The maximum absolute atomic E-state index is 13.8. The molecule has 1 aliphatic carbocycles. The predicted octanol–water partition coefficient (Wildman–Crippen LogP) is 4.59. The molecule has 2 amide bonds. The minimum absolute atomic E-state index is 0.113. The van der Waals surface area contributed by atoms with Crippen LogP contribution in [0.1, 0.15) is 55.7 Å². The Morgan fingerprint density at radius 3 is 2.28 bits per heavy atom. The second-order valence-corrected chi connectivity index (χ2v) is 12.0. The highest BCUT2D eigenvalue weighted by atomic mass is 35.5. The molecule has 36 heavy (non-hydrogen) atoms. The summed E-state index contributed by atoms with van der Waals surface area (Å²) in [5.74, 6) is -0.645. The number of benzene rings is 2.